The smallest absolute Gasteiger partial charge is 0.147 e. The van der Waals surface area contributed by atoms with E-state index in [1.54, 1.807) is 12.4 Å². The molecular weight excluding hydrogens is 282 g/mol. The molecule has 0 spiro atoms. The van der Waals surface area contributed by atoms with Crippen molar-refractivity contribution in [2.75, 3.05) is 44.4 Å². The minimum absolute atomic E-state index is 0.604. The second kappa shape index (κ2) is 7.38. The third kappa shape index (κ3) is 3.92. The summed E-state index contributed by atoms with van der Waals surface area (Å²) < 4.78 is 4.37. The molecule has 0 bridgehead atoms. The lowest BCUT2D eigenvalue weighted by atomic mass is 10.1. The second-order valence-electron chi connectivity index (χ2n) is 5.27. The van der Waals surface area contributed by atoms with Gasteiger partial charge in [-0.1, -0.05) is 6.92 Å². The lowest BCUT2D eigenvalue weighted by Gasteiger charge is -2.25. The van der Waals surface area contributed by atoms with Gasteiger partial charge in [-0.25, -0.2) is 0 Å². The maximum atomic E-state index is 6.11. The molecule has 0 atom stereocenters. The molecule has 0 fully saturated rings. The topological polar surface area (TPSA) is 58.3 Å². The van der Waals surface area contributed by atoms with Crippen LogP contribution in [0.1, 0.15) is 13.3 Å². The molecule has 2 N–H and O–H groups in total. The maximum absolute atomic E-state index is 6.11. The van der Waals surface area contributed by atoms with Crippen LogP contribution in [0.3, 0.4) is 0 Å². The quantitative estimate of drug-likeness (QED) is 0.852. The van der Waals surface area contributed by atoms with Crippen molar-refractivity contribution < 1.29 is 0 Å². The average molecular weight is 305 g/mol. The summed E-state index contributed by atoms with van der Waals surface area (Å²) in [6.07, 6.45) is 4.68. The summed E-state index contributed by atoms with van der Waals surface area (Å²) in [5.41, 5.74) is 8.22. The van der Waals surface area contributed by atoms with Crippen LogP contribution in [0.2, 0.25) is 0 Å². The Morgan fingerprint density at radius 1 is 1.14 bits per heavy atom. The molecule has 114 valence electrons. The molecule has 0 radical (unpaired) electrons. The van der Waals surface area contributed by atoms with Crippen LogP contribution in [0, 0.1) is 0 Å². The summed E-state index contributed by atoms with van der Waals surface area (Å²) >= 11 is 1.48. The van der Waals surface area contributed by atoms with E-state index in [2.05, 4.69) is 40.2 Å². The molecule has 0 unspecified atom stereocenters. The Bertz CT molecular complexity index is 552. The van der Waals surface area contributed by atoms with Gasteiger partial charge >= 0.3 is 0 Å². The van der Waals surface area contributed by atoms with Crippen LogP contribution in [0.25, 0.3) is 11.1 Å². The van der Waals surface area contributed by atoms with Gasteiger partial charge in [0.05, 0.1) is 5.56 Å². The normalized spacial score (nSPS) is 11.0. The van der Waals surface area contributed by atoms with E-state index >= 15 is 0 Å². The number of nitrogens with zero attached hydrogens (tertiary/aromatic N) is 4. The minimum atomic E-state index is 0.604. The first-order valence-electron chi connectivity index (χ1n) is 7.18. The number of pyridine rings is 1. The van der Waals surface area contributed by atoms with Crippen molar-refractivity contribution in [3.8, 4) is 11.1 Å². The Morgan fingerprint density at radius 2 is 1.86 bits per heavy atom. The zero-order valence-corrected chi connectivity index (χ0v) is 13.7. The van der Waals surface area contributed by atoms with Crippen LogP contribution in [0.5, 0.6) is 0 Å². The fourth-order valence-electron chi connectivity index (χ4n) is 2.20. The van der Waals surface area contributed by atoms with Crippen LogP contribution < -0.4 is 10.6 Å². The molecular formula is C15H23N5S. The zero-order chi connectivity index (χ0) is 15.2. The number of anilines is 2. The third-order valence-electron chi connectivity index (χ3n) is 3.27. The number of rotatable bonds is 7. The molecule has 2 rings (SSSR count). The van der Waals surface area contributed by atoms with E-state index in [-0.39, 0.29) is 0 Å². The molecule has 6 heteroatoms. The van der Waals surface area contributed by atoms with Gasteiger partial charge in [0.25, 0.3) is 0 Å². The summed E-state index contributed by atoms with van der Waals surface area (Å²) in [4.78, 5) is 8.65. The zero-order valence-electron chi connectivity index (χ0n) is 12.9. The van der Waals surface area contributed by atoms with Gasteiger partial charge in [0.15, 0.2) is 0 Å². The van der Waals surface area contributed by atoms with E-state index < -0.39 is 0 Å². The summed E-state index contributed by atoms with van der Waals surface area (Å²) in [5, 5.41) is 1.16. The van der Waals surface area contributed by atoms with Crippen molar-refractivity contribution in [1.82, 2.24) is 14.3 Å². The lowest BCUT2D eigenvalue weighted by Crippen LogP contribution is -2.32. The van der Waals surface area contributed by atoms with Gasteiger partial charge in [-0.3, -0.25) is 4.98 Å². The summed E-state index contributed by atoms with van der Waals surface area (Å²) in [5.74, 6) is 0.604. The van der Waals surface area contributed by atoms with Crippen LogP contribution >= 0.6 is 11.5 Å². The van der Waals surface area contributed by atoms with Crippen molar-refractivity contribution in [2.45, 2.75) is 13.3 Å². The molecule has 5 nitrogen and oxygen atoms in total. The number of nitrogen functional groups attached to an aromatic ring is 1. The van der Waals surface area contributed by atoms with Crippen LogP contribution in [0.15, 0.2) is 24.5 Å². The number of hydrogen-bond acceptors (Lipinski definition) is 6. The van der Waals surface area contributed by atoms with Crippen molar-refractivity contribution in [2.24, 2.45) is 0 Å². The van der Waals surface area contributed by atoms with Gasteiger partial charge < -0.3 is 15.5 Å². The number of aromatic nitrogens is 2. The summed E-state index contributed by atoms with van der Waals surface area (Å²) in [6.45, 7) is 5.18. The molecule has 2 heterocycles. The molecule has 0 aromatic carbocycles. The first-order chi connectivity index (χ1) is 10.1. The standard InChI is InChI=1S/C15H23N5S/c1-4-9-20(11-10-19(2)3)15-13(14(16)18-21-15)12-5-7-17-8-6-12/h5-8H,4,9-11H2,1-3H3,(H2,16,18). The molecule has 0 aliphatic carbocycles. The van der Waals surface area contributed by atoms with Gasteiger partial charge in [-0.05, 0) is 49.7 Å². The molecule has 2 aromatic heterocycles. The van der Waals surface area contributed by atoms with Gasteiger partial charge in [-0.2, -0.15) is 4.37 Å². The fraction of sp³-hybridized carbons (Fsp3) is 0.467. The SMILES string of the molecule is CCCN(CCN(C)C)c1snc(N)c1-c1ccncc1. The molecule has 0 saturated carbocycles. The van der Waals surface area contributed by atoms with Gasteiger partial charge in [0.1, 0.15) is 10.8 Å². The Labute approximate surface area is 130 Å². The Balaban J connectivity index is 2.33. The van der Waals surface area contributed by atoms with Gasteiger partial charge in [0.2, 0.25) is 0 Å². The van der Waals surface area contributed by atoms with Crippen LogP contribution in [0.4, 0.5) is 10.8 Å². The fourth-order valence-corrected chi connectivity index (χ4v) is 3.09. The highest BCUT2D eigenvalue weighted by atomic mass is 32.1. The lowest BCUT2D eigenvalue weighted by molar-refractivity contribution is 0.413. The first-order valence-corrected chi connectivity index (χ1v) is 7.96. The van der Waals surface area contributed by atoms with Gasteiger partial charge in [-0.15, -0.1) is 0 Å². The van der Waals surface area contributed by atoms with Crippen molar-refractivity contribution in [1.29, 1.82) is 0 Å². The minimum Gasteiger partial charge on any atom is -0.382 e. The van der Waals surface area contributed by atoms with E-state index in [0.29, 0.717) is 5.82 Å². The highest BCUT2D eigenvalue weighted by Crippen LogP contribution is 2.39. The largest absolute Gasteiger partial charge is 0.382 e. The number of likely N-dealkylation sites (N-methyl/N-ethyl adjacent to an activating group) is 1. The predicted molar refractivity (Wildman–Crippen MR) is 90.8 cm³/mol. The molecule has 21 heavy (non-hydrogen) atoms. The third-order valence-corrected chi connectivity index (χ3v) is 4.19. The number of nitrogens with two attached hydrogens (primary N) is 1. The monoisotopic (exact) mass is 305 g/mol. The predicted octanol–water partition coefficient (Wildman–Crippen LogP) is 2.57. The average Bonchev–Trinajstić information content (AvgIpc) is 2.86. The van der Waals surface area contributed by atoms with Gasteiger partial charge in [0, 0.05) is 32.0 Å². The highest BCUT2D eigenvalue weighted by molar-refractivity contribution is 7.11. The van der Waals surface area contributed by atoms with E-state index in [4.69, 9.17) is 5.73 Å². The summed E-state index contributed by atoms with van der Waals surface area (Å²) in [6, 6.07) is 3.97. The first kappa shape index (κ1) is 15.7. The van der Waals surface area contributed by atoms with Crippen molar-refractivity contribution in [3.63, 3.8) is 0 Å². The summed E-state index contributed by atoms with van der Waals surface area (Å²) in [7, 11) is 4.18. The molecule has 0 saturated heterocycles. The van der Waals surface area contributed by atoms with E-state index in [1.165, 1.54) is 11.5 Å². The second-order valence-corrected chi connectivity index (χ2v) is 6.03. The van der Waals surface area contributed by atoms with Crippen LogP contribution in [-0.4, -0.2) is 48.0 Å². The molecule has 2 aromatic rings. The van der Waals surface area contributed by atoms with E-state index in [9.17, 15) is 0 Å². The molecule has 0 aliphatic heterocycles. The number of hydrogen-bond donors (Lipinski definition) is 1. The van der Waals surface area contributed by atoms with Crippen molar-refractivity contribution >= 4 is 22.4 Å². The Hall–Kier alpha value is -1.66. The molecule has 0 amide bonds. The van der Waals surface area contributed by atoms with E-state index in [1.807, 2.05) is 12.1 Å². The Morgan fingerprint density at radius 3 is 2.48 bits per heavy atom. The van der Waals surface area contributed by atoms with Crippen LogP contribution in [-0.2, 0) is 0 Å². The Kier molecular flexibility index (Phi) is 5.52. The van der Waals surface area contributed by atoms with E-state index in [0.717, 1.165) is 42.2 Å². The maximum Gasteiger partial charge on any atom is 0.147 e. The highest BCUT2D eigenvalue weighted by Gasteiger charge is 2.18. The van der Waals surface area contributed by atoms with Crippen molar-refractivity contribution in [3.05, 3.63) is 24.5 Å². The molecule has 0 aliphatic rings.